The van der Waals surface area contributed by atoms with Gasteiger partial charge in [-0.15, -0.1) is 0 Å². The van der Waals surface area contributed by atoms with Crippen LogP contribution in [-0.2, 0) is 24.2 Å². The lowest BCUT2D eigenvalue weighted by atomic mass is 9.93. The normalized spacial score (nSPS) is 11.1. The largest absolute Gasteiger partial charge is 0.380 e. The summed E-state index contributed by atoms with van der Waals surface area (Å²) in [6.07, 6.45) is 2.49. The zero-order valence-corrected chi connectivity index (χ0v) is 18.7. The summed E-state index contributed by atoms with van der Waals surface area (Å²) in [7, 11) is 1.69. The third-order valence-corrected chi connectivity index (χ3v) is 5.59. The highest BCUT2D eigenvalue weighted by molar-refractivity contribution is 5.74. The Bertz CT molecular complexity index is 1220. The Hall–Kier alpha value is -3.31. The third kappa shape index (κ3) is 4.48. The molecule has 0 aliphatic rings. The van der Waals surface area contributed by atoms with Gasteiger partial charge in [-0.05, 0) is 71.0 Å². The summed E-state index contributed by atoms with van der Waals surface area (Å²) < 4.78 is 25.1. The van der Waals surface area contributed by atoms with E-state index in [1.165, 1.54) is 17.2 Å². The Balaban J connectivity index is 1.70. The van der Waals surface area contributed by atoms with Gasteiger partial charge in [-0.25, -0.2) is 4.39 Å². The van der Waals surface area contributed by atoms with Crippen LogP contribution >= 0.6 is 0 Å². The van der Waals surface area contributed by atoms with E-state index in [0.29, 0.717) is 30.3 Å². The quantitative estimate of drug-likeness (QED) is 0.306. The summed E-state index contributed by atoms with van der Waals surface area (Å²) in [5.74, 6) is 0.673. The second-order valence-electron chi connectivity index (χ2n) is 7.79. The molecule has 0 N–H and O–H groups in total. The van der Waals surface area contributed by atoms with E-state index in [2.05, 4.69) is 47.4 Å². The molecule has 4 aromatic rings. The molecule has 5 heteroatoms. The standard InChI is InChI=1S/C27H27FN2O2/c1-4-8-19-15-20(12-14-25(19)28)26-29-27(32-30-26)21-11-13-24(22(16-21)17-31-3)23-10-7-6-9-18(23)5-2/h6-7,9-16H,4-5,8,17H2,1-3H3. The van der Waals surface area contributed by atoms with Gasteiger partial charge in [0.2, 0.25) is 5.82 Å². The molecule has 0 bridgehead atoms. The average molecular weight is 431 g/mol. The van der Waals surface area contributed by atoms with Crippen LogP contribution in [0, 0.1) is 5.82 Å². The number of nitrogens with zero attached hydrogens (tertiary/aromatic N) is 2. The highest BCUT2D eigenvalue weighted by Crippen LogP contribution is 2.32. The van der Waals surface area contributed by atoms with E-state index in [-0.39, 0.29) is 5.82 Å². The lowest BCUT2D eigenvalue weighted by Gasteiger charge is -2.13. The monoisotopic (exact) mass is 430 g/mol. The molecule has 0 radical (unpaired) electrons. The summed E-state index contributed by atoms with van der Waals surface area (Å²) in [5, 5.41) is 4.14. The fourth-order valence-electron chi connectivity index (χ4n) is 3.99. The number of halogens is 1. The summed E-state index contributed by atoms with van der Waals surface area (Å²) >= 11 is 0. The van der Waals surface area contributed by atoms with Crippen molar-refractivity contribution >= 4 is 0 Å². The Labute approximate surface area is 188 Å². The van der Waals surface area contributed by atoms with Crippen molar-refractivity contribution in [1.29, 1.82) is 0 Å². The predicted octanol–water partition coefficient (Wildman–Crippen LogP) is 6.87. The number of benzene rings is 3. The van der Waals surface area contributed by atoms with Crippen LogP contribution in [0.4, 0.5) is 4.39 Å². The molecule has 1 aromatic heterocycles. The molecule has 32 heavy (non-hydrogen) atoms. The van der Waals surface area contributed by atoms with Gasteiger partial charge in [0.05, 0.1) is 6.61 Å². The number of hydrogen-bond acceptors (Lipinski definition) is 4. The Morgan fingerprint density at radius 1 is 0.875 bits per heavy atom. The number of hydrogen-bond donors (Lipinski definition) is 0. The number of ether oxygens (including phenoxy) is 1. The van der Waals surface area contributed by atoms with Crippen molar-refractivity contribution in [1.82, 2.24) is 10.1 Å². The molecule has 0 saturated heterocycles. The van der Waals surface area contributed by atoms with Gasteiger partial charge in [0.15, 0.2) is 0 Å². The maximum absolute atomic E-state index is 14.0. The molecule has 0 unspecified atom stereocenters. The molecule has 0 amide bonds. The van der Waals surface area contributed by atoms with E-state index in [0.717, 1.165) is 35.1 Å². The topological polar surface area (TPSA) is 48.2 Å². The van der Waals surface area contributed by atoms with Crippen LogP contribution in [-0.4, -0.2) is 17.3 Å². The van der Waals surface area contributed by atoms with Gasteiger partial charge in [-0.2, -0.15) is 4.98 Å². The van der Waals surface area contributed by atoms with Gasteiger partial charge < -0.3 is 9.26 Å². The zero-order valence-electron chi connectivity index (χ0n) is 18.7. The molecule has 0 saturated carbocycles. The van der Waals surface area contributed by atoms with Crippen LogP contribution < -0.4 is 0 Å². The van der Waals surface area contributed by atoms with Crippen LogP contribution in [0.2, 0.25) is 0 Å². The van der Waals surface area contributed by atoms with Gasteiger partial charge in [0, 0.05) is 18.2 Å². The molecular weight excluding hydrogens is 403 g/mol. The van der Waals surface area contributed by atoms with Crippen molar-refractivity contribution in [2.75, 3.05) is 7.11 Å². The molecule has 4 nitrogen and oxygen atoms in total. The minimum atomic E-state index is -0.202. The van der Waals surface area contributed by atoms with Crippen molar-refractivity contribution in [2.45, 2.75) is 39.7 Å². The Morgan fingerprint density at radius 2 is 1.62 bits per heavy atom. The van der Waals surface area contributed by atoms with Gasteiger partial charge in [-0.3, -0.25) is 0 Å². The van der Waals surface area contributed by atoms with Gasteiger partial charge >= 0.3 is 0 Å². The first-order valence-corrected chi connectivity index (χ1v) is 11.0. The van der Waals surface area contributed by atoms with E-state index in [9.17, 15) is 4.39 Å². The molecular formula is C27H27FN2O2. The predicted molar refractivity (Wildman–Crippen MR) is 125 cm³/mol. The molecule has 0 aliphatic carbocycles. The number of aromatic nitrogens is 2. The third-order valence-electron chi connectivity index (χ3n) is 5.59. The number of rotatable bonds is 8. The maximum atomic E-state index is 14.0. The first kappa shape index (κ1) is 21.9. The van der Waals surface area contributed by atoms with Crippen LogP contribution in [0.25, 0.3) is 34.0 Å². The Kier molecular flexibility index (Phi) is 6.76. The van der Waals surface area contributed by atoms with Crippen molar-refractivity contribution in [3.05, 3.63) is 83.2 Å². The van der Waals surface area contributed by atoms with Crippen molar-refractivity contribution in [3.63, 3.8) is 0 Å². The van der Waals surface area contributed by atoms with Crippen molar-refractivity contribution < 1.29 is 13.7 Å². The van der Waals surface area contributed by atoms with Crippen molar-refractivity contribution in [3.8, 4) is 34.0 Å². The van der Waals surface area contributed by atoms with E-state index in [1.54, 1.807) is 19.2 Å². The summed E-state index contributed by atoms with van der Waals surface area (Å²) in [5.41, 5.74) is 6.91. The first-order chi connectivity index (χ1) is 15.6. The molecule has 4 rings (SSSR count). The van der Waals surface area contributed by atoms with Crippen LogP contribution in [0.1, 0.15) is 37.0 Å². The average Bonchev–Trinajstić information content (AvgIpc) is 3.31. The minimum Gasteiger partial charge on any atom is -0.380 e. The molecule has 0 spiro atoms. The Morgan fingerprint density at radius 3 is 2.41 bits per heavy atom. The fraction of sp³-hybridized carbons (Fsp3) is 0.259. The van der Waals surface area contributed by atoms with Crippen LogP contribution in [0.3, 0.4) is 0 Å². The second kappa shape index (κ2) is 9.88. The zero-order chi connectivity index (χ0) is 22.5. The van der Waals surface area contributed by atoms with Gasteiger partial charge in [0.1, 0.15) is 5.82 Å². The van der Waals surface area contributed by atoms with Crippen LogP contribution in [0.15, 0.2) is 65.2 Å². The highest BCUT2D eigenvalue weighted by Gasteiger charge is 2.16. The molecule has 0 aliphatic heterocycles. The molecule has 1 heterocycles. The maximum Gasteiger partial charge on any atom is 0.258 e. The minimum absolute atomic E-state index is 0.202. The number of aryl methyl sites for hydroxylation is 2. The number of methoxy groups -OCH3 is 1. The van der Waals surface area contributed by atoms with Gasteiger partial charge in [-0.1, -0.05) is 55.8 Å². The molecule has 0 atom stereocenters. The summed E-state index contributed by atoms with van der Waals surface area (Å²) in [6.45, 7) is 4.66. The van der Waals surface area contributed by atoms with E-state index in [4.69, 9.17) is 9.26 Å². The summed E-state index contributed by atoms with van der Waals surface area (Å²) in [6, 6.07) is 19.5. The lowest BCUT2D eigenvalue weighted by molar-refractivity contribution is 0.185. The van der Waals surface area contributed by atoms with E-state index < -0.39 is 0 Å². The highest BCUT2D eigenvalue weighted by atomic mass is 19.1. The molecule has 164 valence electrons. The smallest absolute Gasteiger partial charge is 0.258 e. The van der Waals surface area contributed by atoms with E-state index in [1.807, 2.05) is 19.1 Å². The van der Waals surface area contributed by atoms with Gasteiger partial charge in [0.25, 0.3) is 5.89 Å². The first-order valence-electron chi connectivity index (χ1n) is 11.0. The SMILES string of the molecule is CCCc1cc(-c2noc(-c3ccc(-c4ccccc4CC)c(COC)c3)n2)ccc1F. The van der Waals surface area contributed by atoms with Crippen LogP contribution in [0.5, 0.6) is 0 Å². The fourth-order valence-corrected chi connectivity index (χ4v) is 3.99. The molecule has 0 fully saturated rings. The van der Waals surface area contributed by atoms with Crippen molar-refractivity contribution in [2.24, 2.45) is 0 Å². The van der Waals surface area contributed by atoms with E-state index >= 15 is 0 Å². The lowest BCUT2D eigenvalue weighted by Crippen LogP contribution is -1.96. The molecule has 3 aromatic carbocycles. The second-order valence-corrected chi connectivity index (χ2v) is 7.79. The summed E-state index contributed by atoms with van der Waals surface area (Å²) in [4.78, 5) is 4.58.